The van der Waals surface area contributed by atoms with Crippen molar-refractivity contribution in [2.75, 3.05) is 6.79 Å². The molecule has 0 unspecified atom stereocenters. The van der Waals surface area contributed by atoms with E-state index in [2.05, 4.69) is 27.9 Å². The number of carbonyl (C=O) groups is 2. The predicted molar refractivity (Wildman–Crippen MR) is 101 cm³/mol. The minimum atomic E-state index is -0.485. The number of fused-ring (bicyclic) bond motifs is 1. The number of hydrogen-bond donors (Lipinski definition) is 1. The molecular formula is C19H11FINO4. The second-order valence-corrected chi connectivity index (χ2v) is 6.73. The van der Waals surface area contributed by atoms with E-state index in [1.807, 2.05) is 0 Å². The fourth-order valence-electron chi connectivity index (χ4n) is 2.72. The Balaban J connectivity index is 1.78. The van der Waals surface area contributed by atoms with Gasteiger partial charge in [0.05, 0.1) is 14.7 Å². The first kappa shape index (κ1) is 16.8. The summed E-state index contributed by atoms with van der Waals surface area (Å²) in [5, 5.41) is 2.29. The molecule has 1 N–H and O–H groups in total. The lowest BCUT2D eigenvalue weighted by Gasteiger charge is -2.05. The number of amides is 2. The quantitative estimate of drug-likeness (QED) is 0.422. The highest BCUT2D eigenvalue weighted by molar-refractivity contribution is 14.1. The van der Waals surface area contributed by atoms with Gasteiger partial charge in [0.2, 0.25) is 6.79 Å². The highest BCUT2D eigenvalue weighted by atomic mass is 127. The average Bonchev–Trinajstić information content (AvgIpc) is 3.19. The average molecular weight is 463 g/mol. The van der Waals surface area contributed by atoms with Crippen molar-refractivity contribution >= 4 is 46.6 Å². The molecule has 2 heterocycles. The van der Waals surface area contributed by atoms with Gasteiger partial charge < -0.3 is 9.47 Å². The maximum absolute atomic E-state index is 13.1. The molecule has 2 aromatic carbocycles. The Bertz CT molecular complexity index is 995. The Hall–Kier alpha value is -2.68. The lowest BCUT2D eigenvalue weighted by molar-refractivity contribution is -0.123. The summed E-state index contributed by atoms with van der Waals surface area (Å²) in [7, 11) is 0. The van der Waals surface area contributed by atoms with Gasteiger partial charge in [-0.25, -0.2) is 4.39 Å². The Morgan fingerprint density at radius 2 is 1.65 bits per heavy atom. The van der Waals surface area contributed by atoms with E-state index < -0.39 is 11.8 Å². The van der Waals surface area contributed by atoms with E-state index in [1.165, 1.54) is 12.1 Å². The number of halogens is 2. The van der Waals surface area contributed by atoms with Crippen molar-refractivity contribution in [3.8, 4) is 11.5 Å². The minimum Gasteiger partial charge on any atom is -0.454 e. The minimum absolute atomic E-state index is 0.153. The number of hydrogen-bond acceptors (Lipinski definition) is 4. The van der Waals surface area contributed by atoms with Crippen molar-refractivity contribution in [2.45, 2.75) is 0 Å². The van der Waals surface area contributed by atoms with E-state index in [0.717, 1.165) is 9.13 Å². The maximum Gasteiger partial charge on any atom is 0.258 e. The van der Waals surface area contributed by atoms with Crippen molar-refractivity contribution in [3.63, 3.8) is 0 Å². The fourth-order valence-corrected chi connectivity index (χ4v) is 3.47. The smallest absolute Gasteiger partial charge is 0.258 e. The van der Waals surface area contributed by atoms with Crippen LogP contribution >= 0.6 is 22.6 Å². The molecule has 0 radical (unpaired) electrons. The summed E-state index contributed by atoms with van der Waals surface area (Å²) in [6.07, 6.45) is 3.20. The van der Waals surface area contributed by atoms with Crippen LogP contribution in [0.2, 0.25) is 0 Å². The fraction of sp³-hybridized carbons (Fsp3) is 0.0526. The zero-order valence-corrected chi connectivity index (χ0v) is 15.4. The molecule has 1 fully saturated rings. The molecule has 7 heteroatoms. The summed E-state index contributed by atoms with van der Waals surface area (Å²) < 4.78 is 24.6. The number of ether oxygens (including phenoxy) is 2. The van der Waals surface area contributed by atoms with Gasteiger partial charge in [0.15, 0.2) is 11.5 Å². The highest BCUT2D eigenvalue weighted by Gasteiger charge is 2.31. The van der Waals surface area contributed by atoms with Gasteiger partial charge in [-0.15, -0.1) is 0 Å². The molecule has 26 heavy (non-hydrogen) atoms. The van der Waals surface area contributed by atoms with Gasteiger partial charge in [0.1, 0.15) is 5.82 Å². The van der Waals surface area contributed by atoms with E-state index in [9.17, 15) is 14.0 Å². The van der Waals surface area contributed by atoms with Crippen molar-refractivity contribution in [1.82, 2.24) is 5.32 Å². The van der Waals surface area contributed by atoms with Crippen molar-refractivity contribution in [2.24, 2.45) is 0 Å². The van der Waals surface area contributed by atoms with Gasteiger partial charge in [-0.3, -0.25) is 14.9 Å². The van der Waals surface area contributed by atoms with E-state index in [1.54, 1.807) is 36.4 Å². The van der Waals surface area contributed by atoms with Crippen LogP contribution < -0.4 is 14.8 Å². The number of benzene rings is 2. The lowest BCUT2D eigenvalue weighted by atomic mass is 10.0. The summed E-state index contributed by atoms with van der Waals surface area (Å²) in [5.41, 5.74) is 1.84. The predicted octanol–water partition coefficient (Wildman–Crippen LogP) is 3.28. The molecule has 4 rings (SSSR count). The molecule has 5 nitrogen and oxygen atoms in total. The number of rotatable bonds is 2. The van der Waals surface area contributed by atoms with Crippen molar-refractivity contribution in [3.05, 3.63) is 68.1 Å². The van der Waals surface area contributed by atoms with Crippen LogP contribution in [0, 0.1) is 9.39 Å². The lowest BCUT2D eigenvalue weighted by Crippen LogP contribution is -2.19. The van der Waals surface area contributed by atoms with E-state index in [-0.39, 0.29) is 23.8 Å². The van der Waals surface area contributed by atoms with Gasteiger partial charge in [0.25, 0.3) is 11.8 Å². The zero-order chi connectivity index (χ0) is 18.3. The first-order valence-corrected chi connectivity index (χ1v) is 8.74. The van der Waals surface area contributed by atoms with E-state index in [0.29, 0.717) is 17.1 Å². The third-order valence-corrected chi connectivity index (χ3v) is 5.11. The van der Waals surface area contributed by atoms with Gasteiger partial charge in [-0.2, -0.15) is 0 Å². The maximum atomic E-state index is 13.1. The Morgan fingerprint density at radius 1 is 0.962 bits per heavy atom. The Kier molecular flexibility index (Phi) is 4.23. The summed E-state index contributed by atoms with van der Waals surface area (Å²) >= 11 is 2.11. The third kappa shape index (κ3) is 2.98. The molecule has 2 aliphatic heterocycles. The van der Waals surface area contributed by atoms with Gasteiger partial charge in [-0.1, -0.05) is 12.1 Å². The molecule has 2 aromatic rings. The Labute approximate surface area is 161 Å². The molecule has 1 saturated heterocycles. The molecule has 0 aliphatic carbocycles. The van der Waals surface area contributed by atoms with Crippen LogP contribution in [0.1, 0.15) is 11.1 Å². The first-order chi connectivity index (χ1) is 12.5. The van der Waals surface area contributed by atoms with E-state index >= 15 is 0 Å². The zero-order valence-electron chi connectivity index (χ0n) is 13.2. The number of imide groups is 1. The highest BCUT2D eigenvalue weighted by Crippen LogP contribution is 2.39. The largest absolute Gasteiger partial charge is 0.454 e. The molecular weight excluding hydrogens is 452 g/mol. The molecule has 0 atom stereocenters. The molecule has 0 aromatic heterocycles. The molecule has 2 aliphatic rings. The topological polar surface area (TPSA) is 64.6 Å². The SMILES string of the molecule is O=C1NC(=O)C(=Cc2ccc3c(c2I)OCO3)C1=Cc1ccc(F)cc1. The summed E-state index contributed by atoms with van der Waals surface area (Å²) in [6.45, 7) is 0.153. The van der Waals surface area contributed by atoms with Crippen LogP contribution in [0.15, 0.2) is 47.5 Å². The molecule has 0 bridgehead atoms. The summed E-state index contributed by atoms with van der Waals surface area (Å²) in [6, 6.07) is 9.24. The van der Waals surface area contributed by atoms with Crippen molar-refractivity contribution in [1.29, 1.82) is 0 Å². The first-order valence-electron chi connectivity index (χ1n) is 7.66. The second kappa shape index (κ2) is 6.56. The summed E-state index contributed by atoms with van der Waals surface area (Å²) in [4.78, 5) is 24.4. The monoisotopic (exact) mass is 463 g/mol. The normalized spacial score (nSPS) is 18.7. The van der Waals surface area contributed by atoms with Crippen molar-refractivity contribution < 1.29 is 23.5 Å². The van der Waals surface area contributed by atoms with Gasteiger partial charge >= 0.3 is 0 Å². The van der Waals surface area contributed by atoms with Gasteiger partial charge in [-0.05, 0) is 70.1 Å². The van der Waals surface area contributed by atoms with Crippen LogP contribution in [0.25, 0.3) is 12.2 Å². The van der Waals surface area contributed by atoms with Crippen LogP contribution in [-0.4, -0.2) is 18.6 Å². The molecule has 2 amide bonds. The molecule has 130 valence electrons. The van der Waals surface area contributed by atoms with Gasteiger partial charge in [0, 0.05) is 0 Å². The summed E-state index contributed by atoms with van der Waals surface area (Å²) in [5.74, 6) is -0.0674. The molecule has 0 spiro atoms. The number of carbonyl (C=O) groups excluding carboxylic acids is 2. The Morgan fingerprint density at radius 3 is 2.38 bits per heavy atom. The standard InChI is InChI=1S/C19H11FINO4/c20-12-4-1-10(2-5-12)7-13-14(19(24)22-18(13)23)8-11-3-6-15-17(16(11)21)26-9-25-15/h1-8H,9H2,(H,22,23,24). The second-order valence-electron chi connectivity index (χ2n) is 5.65. The van der Waals surface area contributed by atoms with Crippen LogP contribution in [0.3, 0.4) is 0 Å². The molecule has 0 saturated carbocycles. The van der Waals surface area contributed by atoms with Crippen LogP contribution in [-0.2, 0) is 9.59 Å². The number of nitrogens with one attached hydrogen (secondary N) is 1. The van der Waals surface area contributed by atoms with E-state index in [4.69, 9.17) is 9.47 Å². The van der Waals surface area contributed by atoms with Crippen LogP contribution in [0.5, 0.6) is 11.5 Å². The third-order valence-electron chi connectivity index (χ3n) is 4.00. The van der Waals surface area contributed by atoms with Crippen LogP contribution in [0.4, 0.5) is 4.39 Å².